The van der Waals surface area contributed by atoms with Gasteiger partial charge in [0.25, 0.3) is 0 Å². The first kappa shape index (κ1) is 24.7. The third-order valence-corrected chi connectivity index (χ3v) is 6.81. The van der Waals surface area contributed by atoms with Crippen LogP contribution < -0.4 is 10.6 Å². The zero-order valence-electron chi connectivity index (χ0n) is 19.7. The minimum Gasteiger partial charge on any atom is -0.467 e. The number of hydrogen-bond acceptors (Lipinski definition) is 6. The van der Waals surface area contributed by atoms with Crippen LogP contribution in [-0.2, 0) is 20.9 Å². The van der Waals surface area contributed by atoms with E-state index in [0.717, 1.165) is 36.8 Å². The van der Waals surface area contributed by atoms with E-state index in [4.69, 9.17) is 4.42 Å². The molecule has 4 rings (SSSR count). The maximum absolute atomic E-state index is 13.6. The van der Waals surface area contributed by atoms with Gasteiger partial charge in [-0.05, 0) is 37.5 Å². The molecule has 0 aliphatic heterocycles. The van der Waals surface area contributed by atoms with Crippen LogP contribution in [0, 0.1) is 6.92 Å². The third kappa shape index (κ3) is 6.79. The summed E-state index contributed by atoms with van der Waals surface area (Å²) in [6.45, 7) is 2.10. The number of aryl methyl sites for hydroxylation is 1. The molecule has 1 saturated carbocycles. The summed E-state index contributed by atoms with van der Waals surface area (Å²) in [5, 5.41) is 8.11. The van der Waals surface area contributed by atoms with Gasteiger partial charge < -0.3 is 20.0 Å². The van der Waals surface area contributed by atoms with Gasteiger partial charge in [0.2, 0.25) is 17.7 Å². The fourth-order valence-electron chi connectivity index (χ4n) is 4.30. The van der Waals surface area contributed by atoms with Crippen molar-refractivity contribution >= 4 is 34.2 Å². The van der Waals surface area contributed by atoms with Crippen LogP contribution in [0.25, 0.3) is 0 Å². The van der Waals surface area contributed by atoms with Crippen molar-refractivity contribution in [2.24, 2.45) is 0 Å². The molecule has 1 aromatic carbocycles. The number of carbonyl (C=O) groups excluding carboxylic acids is 3. The van der Waals surface area contributed by atoms with E-state index < -0.39 is 6.04 Å². The maximum Gasteiger partial charge on any atom is 0.247 e. The monoisotopic (exact) mass is 494 g/mol. The smallest absolute Gasteiger partial charge is 0.247 e. The van der Waals surface area contributed by atoms with E-state index in [9.17, 15) is 14.4 Å². The molecule has 9 heteroatoms. The molecule has 3 aromatic rings. The third-order valence-electron chi connectivity index (χ3n) is 6.13. The summed E-state index contributed by atoms with van der Waals surface area (Å²) in [7, 11) is 0. The van der Waals surface area contributed by atoms with Gasteiger partial charge in [-0.15, -0.1) is 11.3 Å². The molecule has 1 atom stereocenters. The van der Waals surface area contributed by atoms with Gasteiger partial charge in [0.15, 0.2) is 5.13 Å². The molecular weight excluding hydrogens is 464 g/mol. The predicted molar refractivity (Wildman–Crippen MR) is 134 cm³/mol. The molecule has 8 nitrogen and oxygen atoms in total. The number of carbonyl (C=O) groups is 3. The molecule has 3 amide bonds. The molecule has 1 unspecified atom stereocenters. The molecule has 2 N–H and O–H groups in total. The number of furan rings is 1. The Morgan fingerprint density at radius 1 is 1.14 bits per heavy atom. The van der Waals surface area contributed by atoms with Gasteiger partial charge in [-0.3, -0.25) is 14.4 Å². The Bertz CT molecular complexity index is 1110. The SMILES string of the molecule is Cc1ccc(C(C(=O)NC2CCCC2)N(Cc2ccco2)C(=O)CCC(=O)Nc2nccs2)cc1. The number of amides is 3. The minimum absolute atomic E-state index is 0.0159. The molecule has 2 aromatic heterocycles. The fraction of sp³-hybridized carbons (Fsp3) is 0.385. The average Bonchev–Trinajstić information content (AvgIpc) is 3.63. The normalized spacial score (nSPS) is 14.4. The zero-order chi connectivity index (χ0) is 24.6. The topological polar surface area (TPSA) is 105 Å². The molecule has 1 fully saturated rings. The Morgan fingerprint density at radius 3 is 2.57 bits per heavy atom. The standard InChI is InChI=1S/C26H30N4O4S/c1-18-8-10-19(11-9-18)24(25(33)28-20-5-2-3-6-20)30(17-21-7-4-15-34-21)23(32)13-12-22(31)29-26-27-14-16-35-26/h4,7-11,14-16,20,24H,2-3,5-6,12-13,17H2,1H3,(H,28,33)(H,27,29,31). The summed E-state index contributed by atoms with van der Waals surface area (Å²) in [5.41, 5.74) is 1.78. The van der Waals surface area contributed by atoms with Crippen molar-refractivity contribution in [2.75, 3.05) is 5.32 Å². The van der Waals surface area contributed by atoms with Gasteiger partial charge in [-0.1, -0.05) is 42.7 Å². The van der Waals surface area contributed by atoms with E-state index in [0.29, 0.717) is 10.9 Å². The van der Waals surface area contributed by atoms with Crippen molar-refractivity contribution in [1.82, 2.24) is 15.2 Å². The van der Waals surface area contributed by atoms with Crippen molar-refractivity contribution in [3.63, 3.8) is 0 Å². The summed E-state index contributed by atoms with van der Waals surface area (Å²) in [6.07, 6.45) is 7.14. The van der Waals surface area contributed by atoms with Crippen LogP contribution in [0.2, 0.25) is 0 Å². The van der Waals surface area contributed by atoms with Gasteiger partial charge in [-0.25, -0.2) is 4.98 Å². The summed E-state index contributed by atoms with van der Waals surface area (Å²) < 4.78 is 5.52. The van der Waals surface area contributed by atoms with Gasteiger partial charge in [0, 0.05) is 30.5 Å². The maximum atomic E-state index is 13.6. The first-order valence-electron chi connectivity index (χ1n) is 11.9. The highest BCUT2D eigenvalue weighted by Gasteiger charge is 2.33. The molecule has 1 aliphatic carbocycles. The first-order chi connectivity index (χ1) is 17.0. The van der Waals surface area contributed by atoms with Gasteiger partial charge in [0.05, 0.1) is 12.8 Å². The molecule has 0 saturated heterocycles. The van der Waals surface area contributed by atoms with Crippen molar-refractivity contribution in [3.8, 4) is 0 Å². The Balaban J connectivity index is 1.56. The van der Waals surface area contributed by atoms with Crippen LogP contribution in [-0.4, -0.2) is 33.6 Å². The Labute approximate surface area is 208 Å². The van der Waals surface area contributed by atoms with E-state index in [1.54, 1.807) is 30.0 Å². The van der Waals surface area contributed by atoms with E-state index in [1.165, 1.54) is 16.2 Å². The number of hydrogen-bond donors (Lipinski definition) is 2. The van der Waals surface area contributed by atoms with Gasteiger partial charge >= 0.3 is 0 Å². The fourth-order valence-corrected chi connectivity index (χ4v) is 4.84. The Morgan fingerprint density at radius 2 is 1.91 bits per heavy atom. The van der Waals surface area contributed by atoms with Crippen LogP contribution in [0.15, 0.2) is 58.7 Å². The van der Waals surface area contributed by atoms with Crippen molar-refractivity contribution in [2.45, 2.75) is 64.1 Å². The highest BCUT2D eigenvalue weighted by molar-refractivity contribution is 7.13. The van der Waals surface area contributed by atoms with Gasteiger partial charge in [-0.2, -0.15) is 0 Å². The molecular formula is C26H30N4O4S. The molecule has 0 bridgehead atoms. The van der Waals surface area contributed by atoms with E-state index >= 15 is 0 Å². The second-order valence-corrected chi connectivity index (χ2v) is 9.68. The number of nitrogens with one attached hydrogen (secondary N) is 2. The predicted octanol–water partition coefficient (Wildman–Crippen LogP) is 4.59. The lowest BCUT2D eigenvalue weighted by atomic mass is 10.0. The summed E-state index contributed by atoms with van der Waals surface area (Å²) in [4.78, 5) is 45.0. The lowest BCUT2D eigenvalue weighted by Crippen LogP contribution is -2.46. The first-order valence-corrected chi connectivity index (χ1v) is 12.8. The Hall–Kier alpha value is -3.46. The van der Waals surface area contributed by atoms with Crippen molar-refractivity contribution < 1.29 is 18.8 Å². The second-order valence-electron chi connectivity index (χ2n) is 8.79. The second kappa shape index (κ2) is 11.8. The van der Waals surface area contributed by atoms with Gasteiger partial charge in [0.1, 0.15) is 11.8 Å². The summed E-state index contributed by atoms with van der Waals surface area (Å²) in [6, 6.07) is 10.4. The lowest BCUT2D eigenvalue weighted by molar-refractivity contribution is -0.142. The molecule has 1 aliphatic rings. The molecule has 0 spiro atoms. The summed E-state index contributed by atoms with van der Waals surface area (Å²) >= 11 is 1.31. The number of benzene rings is 1. The van der Waals surface area contributed by atoms with Crippen LogP contribution in [0.3, 0.4) is 0 Å². The quantitative estimate of drug-likeness (QED) is 0.429. The largest absolute Gasteiger partial charge is 0.467 e. The molecule has 0 radical (unpaired) electrons. The number of anilines is 1. The molecule has 35 heavy (non-hydrogen) atoms. The minimum atomic E-state index is -0.837. The van der Waals surface area contributed by atoms with Crippen molar-refractivity contribution in [3.05, 3.63) is 71.1 Å². The number of rotatable bonds is 10. The average molecular weight is 495 g/mol. The summed E-state index contributed by atoms with van der Waals surface area (Å²) in [5.74, 6) is -0.249. The van der Waals surface area contributed by atoms with E-state index in [-0.39, 0.29) is 43.1 Å². The van der Waals surface area contributed by atoms with Crippen LogP contribution in [0.4, 0.5) is 5.13 Å². The zero-order valence-corrected chi connectivity index (χ0v) is 20.6. The molecule has 2 heterocycles. The van der Waals surface area contributed by atoms with Crippen molar-refractivity contribution in [1.29, 1.82) is 0 Å². The highest BCUT2D eigenvalue weighted by atomic mass is 32.1. The van der Waals surface area contributed by atoms with Crippen LogP contribution in [0.5, 0.6) is 0 Å². The number of nitrogens with zero attached hydrogens (tertiary/aromatic N) is 2. The Kier molecular flexibility index (Phi) is 8.31. The number of aromatic nitrogens is 1. The van der Waals surface area contributed by atoms with E-state index in [2.05, 4.69) is 15.6 Å². The van der Waals surface area contributed by atoms with Crippen LogP contribution in [0.1, 0.15) is 61.5 Å². The van der Waals surface area contributed by atoms with Crippen LogP contribution >= 0.6 is 11.3 Å². The molecule has 184 valence electrons. The number of thiazole rings is 1. The highest BCUT2D eigenvalue weighted by Crippen LogP contribution is 2.27. The lowest BCUT2D eigenvalue weighted by Gasteiger charge is -2.32. The van der Waals surface area contributed by atoms with E-state index in [1.807, 2.05) is 31.2 Å².